The Hall–Kier alpha value is -12.9. The van der Waals surface area contributed by atoms with Crippen LogP contribution in [0.15, 0.2) is 400 Å². The fourth-order valence-electron chi connectivity index (χ4n) is 12.4. The van der Waals surface area contributed by atoms with Crippen LogP contribution in [0.4, 0.5) is 34.1 Å². The zero-order chi connectivity index (χ0) is 76.0. The first kappa shape index (κ1) is 77.7. The van der Waals surface area contributed by atoms with Crippen LogP contribution in [0.2, 0.25) is 0 Å². The molecule has 0 aliphatic heterocycles. The standard InChI is InChI=1S/3C20H19N.3C14H15N/c1-21(2)20-11-7-6-10-19(20)18-14-12-17(13-15-18)16-8-4-3-5-9-16;1-21(2)20-10-6-9-19(15-20)18-13-11-17(12-14-18)16-7-4-3-5-8-16;1-21(2)20-14-12-19(13-15-20)18-10-8-17(9-11-18)16-6-4-3-5-7-16;1-15(2)14-11-7-6-10-13(14)12-8-4-3-5-9-12;1-15(2)14-10-6-9-13(11-14)12-7-4-3-5-8-12;1-15(2)14-10-8-13(9-11-14)12-6-4-3-5-7-12/h3*3-15H,1-2H3;3*3-11H,1-2H3. The summed E-state index contributed by atoms with van der Waals surface area (Å²) >= 11 is 0. The molecule has 6 heteroatoms. The molecule has 0 bridgehead atoms. The van der Waals surface area contributed by atoms with Crippen molar-refractivity contribution in [1.29, 1.82) is 0 Å². The van der Waals surface area contributed by atoms with Crippen molar-refractivity contribution in [3.05, 3.63) is 400 Å². The van der Waals surface area contributed by atoms with Gasteiger partial charge in [0.05, 0.1) is 0 Å². The minimum atomic E-state index is 1.22. The normalized spacial score (nSPS) is 10.2. The van der Waals surface area contributed by atoms with Gasteiger partial charge in [-0.05, 0) is 150 Å². The molecule has 0 saturated heterocycles. The molecule has 0 saturated carbocycles. The van der Waals surface area contributed by atoms with Crippen LogP contribution in [0, 0.1) is 0 Å². The molecular weight excluding hydrogens is 1310 g/mol. The van der Waals surface area contributed by atoms with Crippen LogP contribution in [-0.2, 0) is 0 Å². The zero-order valence-electron chi connectivity index (χ0n) is 64.8. The average Bonchev–Trinajstić information content (AvgIpc) is 0.839. The maximum absolute atomic E-state index is 2.22. The largest absolute Gasteiger partial charge is 0.378 e. The van der Waals surface area contributed by atoms with E-state index < -0.39 is 0 Å². The van der Waals surface area contributed by atoms with Crippen LogP contribution >= 0.6 is 0 Å². The molecule has 0 N–H and O–H groups in total. The van der Waals surface area contributed by atoms with Gasteiger partial charge in [0.15, 0.2) is 0 Å². The molecule has 0 spiro atoms. The fraction of sp³-hybridized carbons (Fsp3) is 0.118. The number of anilines is 6. The first-order valence-corrected chi connectivity index (χ1v) is 36.8. The second-order valence-corrected chi connectivity index (χ2v) is 27.5. The molecule has 540 valence electrons. The van der Waals surface area contributed by atoms with Crippen molar-refractivity contribution >= 4 is 34.1 Å². The summed E-state index contributed by atoms with van der Waals surface area (Å²) in [4.78, 5) is 12.8. The second-order valence-electron chi connectivity index (χ2n) is 27.5. The van der Waals surface area contributed by atoms with Crippen LogP contribution in [0.5, 0.6) is 0 Å². The van der Waals surface area contributed by atoms with Crippen molar-refractivity contribution in [3.8, 4) is 100 Å². The Labute approximate surface area is 644 Å². The molecule has 15 rings (SSSR count). The Balaban J connectivity index is 0.000000139. The summed E-state index contributed by atoms with van der Waals surface area (Å²) in [6, 6.07) is 140. The molecular formula is C102H102N6. The summed E-state index contributed by atoms with van der Waals surface area (Å²) in [5.41, 5.74) is 30.0. The van der Waals surface area contributed by atoms with Gasteiger partial charge >= 0.3 is 0 Å². The van der Waals surface area contributed by atoms with Crippen molar-refractivity contribution in [2.75, 3.05) is 114 Å². The minimum Gasteiger partial charge on any atom is -0.378 e. The number of hydrogen-bond acceptors (Lipinski definition) is 6. The quantitative estimate of drug-likeness (QED) is 0.101. The predicted molar refractivity (Wildman–Crippen MR) is 474 cm³/mol. The summed E-state index contributed by atoms with van der Waals surface area (Å²) in [7, 11) is 24.8. The smallest absolute Gasteiger partial charge is 0.0440 e. The maximum atomic E-state index is 2.22. The van der Waals surface area contributed by atoms with Gasteiger partial charge in [-0.25, -0.2) is 0 Å². The van der Waals surface area contributed by atoms with Gasteiger partial charge in [-0.2, -0.15) is 0 Å². The van der Waals surface area contributed by atoms with Crippen LogP contribution < -0.4 is 29.4 Å². The monoisotopic (exact) mass is 1410 g/mol. The number of hydrogen-bond donors (Lipinski definition) is 0. The van der Waals surface area contributed by atoms with E-state index in [0.717, 1.165) is 0 Å². The van der Waals surface area contributed by atoms with Gasteiger partial charge in [-0.1, -0.05) is 340 Å². The van der Waals surface area contributed by atoms with Crippen molar-refractivity contribution in [2.24, 2.45) is 0 Å². The third-order valence-electron chi connectivity index (χ3n) is 18.5. The number of nitrogens with zero attached hydrogens (tertiary/aromatic N) is 6. The Morgan fingerprint density at radius 2 is 0.296 bits per heavy atom. The van der Waals surface area contributed by atoms with E-state index in [-0.39, 0.29) is 0 Å². The van der Waals surface area contributed by atoms with E-state index in [4.69, 9.17) is 0 Å². The van der Waals surface area contributed by atoms with Crippen LogP contribution in [0.25, 0.3) is 100 Å². The highest BCUT2D eigenvalue weighted by Gasteiger charge is 2.10. The van der Waals surface area contributed by atoms with Crippen LogP contribution in [-0.4, -0.2) is 84.6 Å². The summed E-state index contributed by atoms with van der Waals surface area (Å²) in [5.74, 6) is 0. The van der Waals surface area contributed by atoms with E-state index in [9.17, 15) is 0 Å². The lowest BCUT2D eigenvalue weighted by atomic mass is 9.99. The molecule has 0 atom stereocenters. The molecule has 0 fully saturated rings. The molecule has 0 unspecified atom stereocenters. The minimum absolute atomic E-state index is 1.22. The highest BCUT2D eigenvalue weighted by molar-refractivity contribution is 5.81. The van der Waals surface area contributed by atoms with Gasteiger partial charge in [0, 0.05) is 130 Å². The molecule has 6 nitrogen and oxygen atoms in total. The lowest BCUT2D eigenvalue weighted by molar-refractivity contribution is 1.13. The molecule has 0 aliphatic carbocycles. The molecule has 0 radical (unpaired) electrons. The highest BCUT2D eigenvalue weighted by atomic mass is 15.1. The lowest BCUT2D eigenvalue weighted by Gasteiger charge is -2.17. The Kier molecular flexibility index (Phi) is 28.7. The van der Waals surface area contributed by atoms with E-state index in [2.05, 4.69) is 478 Å². The molecule has 0 aliphatic rings. The van der Waals surface area contributed by atoms with Gasteiger partial charge in [0.25, 0.3) is 0 Å². The van der Waals surface area contributed by atoms with Gasteiger partial charge in [-0.15, -0.1) is 0 Å². The SMILES string of the molecule is CN(C)c1ccc(-c2ccc(-c3ccccc3)cc2)cc1.CN(C)c1ccc(-c2ccccc2)cc1.CN(C)c1cccc(-c2ccc(-c3ccccc3)cc2)c1.CN(C)c1cccc(-c2ccccc2)c1.CN(C)c1ccccc1-c1ccc(-c2ccccc2)cc1.CN(C)c1ccccc1-c1ccccc1. The predicted octanol–water partition coefficient (Wildman–Crippen LogP) is 25.5. The zero-order valence-corrected chi connectivity index (χ0v) is 64.8. The lowest BCUT2D eigenvalue weighted by Crippen LogP contribution is -2.09. The number of rotatable bonds is 15. The summed E-state index contributed by atoms with van der Waals surface area (Å²) in [6.07, 6.45) is 0. The van der Waals surface area contributed by atoms with Gasteiger partial charge in [0.1, 0.15) is 0 Å². The van der Waals surface area contributed by atoms with E-state index in [1.54, 1.807) is 0 Å². The Morgan fingerprint density at radius 3 is 0.546 bits per heavy atom. The molecule has 0 amide bonds. The van der Waals surface area contributed by atoms with E-state index >= 15 is 0 Å². The summed E-state index contributed by atoms with van der Waals surface area (Å²) < 4.78 is 0. The van der Waals surface area contributed by atoms with Crippen molar-refractivity contribution < 1.29 is 0 Å². The van der Waals surface area contributed by atoms with E-state index in [0.29, 0.717) is 0 Å². The highest BCUT2D eigenvalue weighted by Crippen LogP contribution is 2.34. The van der Waals surface area contributed by atoms with E-state index in [1.807, 2.05) is 36.4 Å². The maximum Gasteiger partial charge on any atom is 0.0440 e. The molecule has 15 aromatic carbocycles. The van der Waals surface area contributed by atoms with E-state index in [1.165, 1.54) is 134 Å². The van der Waals surface area contributed by atoms with Gasteiger partial charge < -0.3 is 29.4 Å². The third kappa shape index (κ3) is 22.6. The van der Waals surface area contributed by atoms with Gasteiger partial charge in [-0.3, -0.25) is 0 Å². The fourth-order valence-corrected chi connectivity index (χ4v) is 12.4. The molecule has 0 aromatic heterocycles. The van der Waals surface area contributed by atoms with Crippen molar-refractivity contribution in [3.63, 3.8) is 0 Å². The average molecular weight is 1410 g/mol. The molecule has 108 heavy (non-hydrogen) atoms. The molecule has 15 aromatic rings. The molecule has 0 heterocycles. The van der Waals surface area contributed by atoms with Gasteiger partial charge in [0.2, 0.25) is 0 Å². The Morgan fingerprint density at radius 1 is 0.120 bits per heavy atom. The summed E-state index contributed by atoms with van der Waals surface area (Å²) in [6.45, 7) is 0. The number of para-hydroxylation sites is 2. The first-order chi connectivity index (χ1) is 52.6. The van der Waals surface area contributed by atoms with Crippen LogP contribution in [0.1, 0.15) is 0 Å². The second kappa shape index (κ2) is 39.8. The summed E-state index contributed by atoms with van der Waals surface area (Å²) in [5, 5.41) is 0. The number of benzene rings is 15. The van der Waals surface area contributed by atoms with Crippen molar-refractivity contribution in [1.82, 2.24) is 0 Å². The third-order valence-corrected chi connectivity index (χ3v) is 18.5. The Bertz CT molecular complexity index is 5070. The topological polar surface area (TPSA) is 19.4 Å². The van der Waals surface area contributed by atoms with Crippen molar-refractivity contribution in [2.45, 2.75) is 0 Å². The first-order valence-electron chi connectivity index (χ1n) is 36.8. The van der Waals surface area contributed by atoms with Crippen LogP contribution in [0.3, 0.4) is 0 Å².